The molecule has 0 heterocycles. The molecule has 0 bridgehead atoms. The van der Waals surface area contributed by atoms with Crippen LogP contribution in [0.5, 0.6) is 0 Å². The van der Waals surface area contributed by atoms with E-state index in [0.29, 0.717) is 12.5 Å². The third kappa shape index (κ3) is 3.10. The van der Waals surface area contributed by atoms with Crippen LogP contribution in [0.2, 0.25) is 0 Å². The molecule has 1 aliphatic rings. The molecule has 2 rings (SSSR count). The van der Waals surface area contributed by atoms with Gasteiger partial charge in [0.2, 0.25) is 0 Å². The lowest BCUT2D eigenvalue weighted by molar-refractivity contribution is 0.0218. The Bertz CT molecular complexity index is 486. The van der Waals surface area contributed by atoms with Crippen LogP contribution in [-0.2, 0) is 19.0 Å². The van der Waals surface area contributed by atoms with Crippen LogP contribution in [0.15, 0.2) is 29.2 Å². The second-order valence-corrected chi connectivity index (χ2v) is 6.35. The lowest BCUT2D eigenvalue weighted by Crippen LogP contribution is -2.35. The van der Waals surface area contributed by atoms with E-state index in [1.165, 1.54) is 0 Å². The number of aryl methyl sites for hydroxylation is 1. The first kappa shape index (κ1) is 13.5. The Morgan fingerprint density at radius 2 is 1.83 bits per heavy atom. The summed E-state index contributed by atoms with van der Waals surface area (Å²) in [5.41, 5.74) is 1.03. The zero-order valence-corrected chi connectivity index (χ0v) is 11.4. The van der Waals surface area contributed by atoms with Gasteiger partial charge in [-0.15, -0.1) is 0 Å². The second kappa shape index (κ2) is 5.38. The molecule has 0 aliphatic heterocycles. The van der Waals surface area contributed by atoms with Crippen molar-refractivity contribution in [2.24, 2.45) is 5.92 Å². The van der Waals surface area contributed by atoms with Crippen molar-refractivity contribution in [2.45, 2.75) is 30.8 Å². The Hall–Kier alpha value is -0.910. The Balaban J connectivity index is 1.95. The molecule has 18 heavy (non-hydrogen) atoms. The molecular formula is C13H18O4S. The van der Waals surface area contributed by atoms with Gasteiger partial charge in [0.25, 0.3) is 10.1 Å². The van der Waals surface area contributed by atoms with E-state index >= 15 is 0 Å². The van der Waals surface area contributed by atoms with Crippen LogP contribution in [0, 0.1) is 12.8 Å². The molecule has 5 heteroatoms. The van der Waals surface area contributed by atoms with Crippen molar-refractivity contribution in [2.75, 3.05) is 13.7 Å². The van der Waals surface area contributed by atoms with E-state index in [1.807, 2.05) is 6.92 Å². The monoisotopic (exact) mass is 270 g/mol. The topological polar surface area (TPSA) is 52.6 Å². The molecule has 0 spiro atoms. The number of rotatable bonds is 5. The van der Waals surface area contributed by atoms with Crippen LogP contribution in [0.1, 0.15) is 18.4 Å². The molecule has 4 nitrogen and oxygen atoms in total. The minimum atomic E-state index is -3.62. The second-order valence-electron chi connectivity index (χ2n) is 4.78. The predicted molar refractivity (Wildman–Crippen MR) is 67.8 cm³/mol. The predicted octanol–water partition coefficient (Wildman–Crippen LogP) is 2.13. The van der Waals surface area contributed by atoms with E-state index in [2.05, 4.69) is 0 Å². The fourth-order valence-electron chi connectivity index (χ4n) is 2.06. The van der Waals surface area contributed by atoms with Crippen LogP contribution in [-0.4, -0.2) is 28.2 Å². The highest BCUT2D eigenvalue weighted by atomic mass is 32.2. The Labute approximate surface area is 108 Å². The van der Waals surface area contributed by atoms with Gasteiger partial charge in [-0.1, -0.05) is 17.7 Å². The SMILES string of the molecule is COCC1CC(OS(=O)(=O)c2ccc(C)cc2)C1. The maximum atomic E-state index is 12.0. The number of benzene rings is 1. The minimum absolute atomic E-state index is 0.198. The third-order valence-corrected chi connectivity index (χ3v) is 4.54. The summed E-state index contributed by atoms with van der Waals surface area (Å²) in [5, 5.41) is 0. The van der Waals surface area contributed by atoms with Crippen molar-refractivity contribution < 1.29 is 17.3 Å². The summed E-state index contributed by atoms with van der Waals surface area (Å²) < 4.78 is 34.1. The number of hydrogen-bond acceptors (Lipinski definition) is 4. The Morgan fingerprint density at radius 3 is 2.39 bits per heavy atom. The number of methoxy groups -OCH3 is 1. The molecule has 1 aromatic carbocycles. The first-order chi connectivity index (χ1) is 8.51. The molecule has 1 fully saturated rings. The van der Waals surface area contributed by atoms with Gasteiger partial charge in [-0.25, -0.2) is 0 Å². The van der Waals surface area contributed by atoms with Crippen molar-refractivity contribution in [1.82, 2.24) is 0 Å². The van der Waals surface area contributed by atoms with Gasteiger partial charge in [0.15, 0.2) is 0 Å². The van der Waals surface area contributed by atoms with E-state index < -0.39 is 10.1 Å². The van der Waals surface area contributed by atoms with E-state index in [4.69, 9.17) is 8.92 Å². The van der Waals surface area contributed by atoms with Crippen molar-refractivity contribution in [3.63, 3.8) is 0 Å². The van der Waals surface area contributed by atoms with Crippen molar-refractivity contribution in [3.8, 4) is 0 Å². The summed E-state index contributed by atoms with van der Waals surface area (Å²) >= 11 is 0. The summed E-state index contributed by atoms with van der Waals surface area (Å²) in [6.45, 7) is 2.59. The van der Waals surface area contributed by atoms with Crippen LogP contribution in [0.25, 0.3) is 0 Å². The van der Waals surface area contributed by atoms with E-state index in [0.717, 1.165) is 18.4 Å². The standard InChI is InChI=1S/C13H18O4S/c1-10-3-5-13(6-4-10)18(14,15)17-12-7-11(8-12)9-16-2/h3-6,11-12H,7-9H2,1-2H3. The van der Waals surface area contributed by atoms with Crippen molar-refractivity contribution in [1.29, 1.82) is 0 Å². The molecule has 1 aromatic rings. The molecule has 1 saturated carbocycles. The number of ether oxygens (including phenoxy) is 1. The lowest BCUT2D eigenvalue weighted by Gasteiger charge is -2.33. The minimum Gasteiger partial charge on any atom is -0.384 e. The van der Waals surface area contributed by atoms with Gasteiger partial charge in [-0.3, -0.25) is 4.18 Å². The van der Waals surface area contributed by atoms with Crippen molar-refractivity contribution in [3.05, 3.63) is 29.8 Å². The zero-order valence-electron chi connectivity index (χ0n) is 10.6. The smallest absolute Gasteiger partial charge is 0.297 e. The molecule has 0 N–H and O–H groups in total. The fourth-order valence-corrected chi connectivity index (χ4v) is 3.16. The van der Waals surface area contributed by atoms with Gasteiger partial charge in [0.1, 0.15) is 0 Å². The fraction of sp³-hybridized carbons (Fsp3) is 0.538. The van der Waals surface area contributed by atoms with Crippen LogP contribution in [0.4, 0.5) is 0 Å². The van der Waals surface area contributed by atoms with Gasteiger partial charge in [0.05, 0.1) is 11.0 Å². The first-order valence-corrected chi connectivity index (χ1v) is 7.41. The Morgan fingerprint density at radius 1 is 1.22 bits per heavy atom. The lowest BCUT2D eigenvalue weighted by atomic mass is 9.83. The average molecular weight is 270 g/mol. The molecule has 100 valence electrons. The third-order valence-electron chi connectivity index (χ3n) is 3.17. The van der Waals surface area contributed by atoms with Crippen LogP contribution >= 0.6 is 0 Å². The summed E-state index contributed by atoms with van der Waals surface area (Å²) in [5.74, 6) is 0.424. The maximum absolute atomic E-state index is 12.0. The van der Waals surface area contributed by atoms with Crippen LogP contribution in [0.3, 0.4) is 0 Å². The zero-order chi connectivity index (χ0) is 13.2. The first-order valence-electron chi connectivity index (χ1n) is 6.00. The highest BCUT2D eigenvalue weighted by Gasteiger charge is 2.34. The van der Waals surface area contributed by atoms with Gasteiger partial charge in [-0.2, -0.15) is 8.42 Å². The highest BCUT2D eigenvalue weighted by molar-refractivity contribution is 7.86. The normalized spacial score (nSPS) is 23.7. The molecule has 0 unspecified atom stereocenters. The Kier molecular flexibility index (Phi) is 4.04. The number of hydrogen-bond donors (Lipinski definition) is 0. The summed E-state index contributed by atoms with van der Waals surface area (Å²) in [4.78, 5) is 0.225. The van der Waals surface area contributed by atoms with E-state index in [9.17, 15) is 8.42 Å². The van der Waals surface area contributed by atoms with Gasteiger partial charge in [0, 0.05) is 13.7 Å². The molecular weight excluding hydrogens is 252 g/mol. The van der Waals surface area contributed by atoms with Gasteiger partial charge >= 0.3 is 0 Å². The highest BCUT2D eigenvalue weighted by Crippen LogP contribution is 2.32. The molecule has 0 radical (unpaired) electrons. The molecule has 1 aliphatic carbocycles. The van der Waals surface area contributed by atoms with Crippen molar-refractivity contribution >= 4 is 10.1 Å². The maximum Gasteiger partial charge on any atom is 0.297 e. The van der Waals surface area contributed by atoms with E-state index in [1.54, 1.807) is 31.4 Å². The van der Waals surface area contributed by atoms with Gasteiger partial charge < -0.3 is 4.74 Å². The molecule has 0 atom stereocenters. The average Bonchev–Trinajstić information content (AvgIpc) is 2.27. The van der Waals surface area contributed by atoms with E-state index in [-0.39, 0.29) is 11.0 Å². The molecule has 0 aromatic heterocycles. The van der Waals surface area contributed by atoms with Gasteiger partial charge in [-0.05, 0) is 37.8 Å². The summed E-state index contributed by atoms with van der Waals surface area (Å²) in [6, 6.07) is 6.70. The molecule has 0 saturated heterocycles. The molecule has 0 amide bonds. The largest absolute Gasteiger partial charge is 0.384 e. The summed E-state index contributed by atoms with van der Waals surface area (Å²) in [6.07, 6.45) is 1.30. The van der Waals surface area contributed by atoms with Crippen LogP contribution < -0.4 is 0 Å². The quantitative estimate of drug-likeness (QED) is 0.769. The summed E-state index contributed by atoms with van der Waals surface area (Å²) in [7, 11) is -1.97.